The molecule has 1 aliphatic carbocycles. The van der Waals surface area contributed by atoms with E-state index < -0.39 is 0 Å². The van der Waals surface area contributed by atoms with Gasteiger partial charge in [0.25, 0.3) is 0 Å². The molecule has 2 rings (SSSR count). The molecule has 1 heterocycles. The Morgan fingerprint density at radius 3 is 2.38 bits per heavy atom. The van der Waals surface area contributed by atoms with Crippen molar-refractivity contribution in [2.24, 2.45) is 11.3 Å². The monoisotopic (exact) mass is 308 g/mol. The van der Waals surface area contributed by atoms with Gasteiger partial charge < -0.3 is 5.32 Å². The molecule has 1 aromatic heterocycles. The molecule has 2 nitrogen and oxygen atoms in total. The topological polar surface area (TPSA) is 24.9 Å². The molecule has 0 amide bonds. The zero-order valence-corrected chi connectivity index (χ0v) is 15.4. The molecule has 0 bridgehead atoms. The van der Waals surface area contributed by atoms with Crippen LogP contribution in [-0.4, -0.2) is 11.0 Å². The summed E-state index contributed by atoms with van der Waals surface area (Å²) in [6.07, 6.45) is 5.45. The molecule has 1 fully saturated rings. The van der Waals surface area contributed by atoms with E-state index in [4.69, 9.17) is 4.98 Å². The second-order valence-corrected chi connectivity index (χ2v) is 9.50. The van der Waals surface area contributed by atoms with Crippen LogP contribution in [0.4, 0.5) is 0 Å². The molecule has 21 heavy (non-hydrogen) atoms. The van der Waals surface area contributed by atoms with Gasteiger partial charge in [0.15, 0.2) is 0 Å². The maximum atomic E-state index is 4.81. The molecule has 1 N–H and O–H groups in total. The van der Waals surface area contributed by atoms with Gasteiger partial charge in [0, 0.05) is 23.4 Å². The Morgan fingerprint density at radius 2 is 1.81 bits per heavy atom. The predicted octanol–water partition coefficient (Wildman–Crippen LogP) is 5.14. The third-order valence-electron chi connectivity index (χ3n) is 4.62. The van der Waals surface area contributed by atoms with Gasteiger partial charge in [-0.1, -0.05) is 54.4 Å². The Kier molecular flexibility index (Phi) is 5.15. The minimum absolute atomic E-state index is 0.168. The van der Waals surface area contributed by atoms with Crippen molar-refractivity contribution in [1.29, 1.82) is 0 Å². The molecular formula is C18H32N2S. The van der Waals surface area contributed by atoms with E-state index in [9.17, 15) is 0 Å². The van der Waals surface area contributed by atoms with Crippen LogP contribution in [0.25, 0.3) is 0 Å². The number of hydrogen-bond donors (Lipinski definition) is 1. The van der Waals surface area contributed by atoms with E-state index >= 15 is 0 Å². The zero-order valence-electron chi connectivity index (χ0n) is 14.6. The van der Waals surface area contributed by atoms with E-state index in [-0.39, 0.29) is 5.41 Å². The highest BCUT2D eigenvalue weighted by Gasteiger charge is 2.33. The molecule has 0 aliphatic heterocycles. The van der Waals surface area contributed by atoms with Crippen LogP contribution in [0.2, 0.25) is 0 Å². The number of rotatable bonds is 3. The summed E-state index contributed by atoms with van der Waals surface area (Å²) in [5.41, 5.74) is 1.78. The van der Waals surface area contributed by atoms with Crippen LogP contribution < -0.4 is 5.32 Å². The van der Waals surface area contributed by atoms with E-state index in [0.29, 0.717) is 11.5 Å². The molecule has 120 valence electrons. The van der Waals surface area contributed by atoms with Crippen LogP contribution in [0.15, 0.2) is 5.38 Å². The van der Waals surface area contributed by atoms with Crippen molar-refractivity contribution in [3.8, 4) is 0 Å². The van der Waals surface area contributed by atoms with Crippen LogP contribution in [0.1, 0.15) is 77.9 Å². The highest BCUT2D eigenvalue weighted by atomic mass is 32.1. The standard InChI is InChI=1S/C18H32N2S/c1-17(2,3)14-9-7-8-10-15(14)19-11-13-12-21-16(20-13)18(4,5)6/h12,14-15,19H,7-11H2,1-6H3. The Hall–Kier alpha value is -0.410. The largest absolute Gasteiger partial charge is 0.308 e. The normalized spacial score (nSPS) is 24.3. The first-order valence-electron chi connectivity index (χ1n) is 8.36. The second-order valence-electron chi connectivity index (χ2n) is 8.64. The molecule has 0 radical (unpaired) electrons. The van der Waals surface area contributed by atoms with Crippen LogP contribution in [0.5, 0.6) is 0 Å². The molecule has 2 unspecified atom stereocenters. The number of hydrogen-bond acceptors (Lipinski definition) is 3. The molecule has 0 saturated heterocycles. The van der Waals surface area contributed by atoms with E-state index in [1.807, 2.05) is 0 Å². The van der Waals surface area contributed by atoms with E-state index in [1.54, 1.807) is 11.3 Å². The molecular weight excluding hydrogens is 276 g/mol. The van der Waals surface area contributed by atoms with Gasteiger partial charge in [0.1, 0.15) is 0 Å². The van der Waals surface area contributed by atoms with Gasteiger partial charge in [-0.3, -0.25) is 0 Å². The van der Waals surface area contributed by atoms with Crippen molar-refractivity contribution in [1.82, 2.24) is 10.3 Å². The zero-order chi connectivity index (χ0) is 15.7. The van der Waals surface area contributed by atoms with Crippen LogP contribution >= 0.6 is 11.3 Å². The van der Waals surface area contributed by atoms with Gasteiger partial charge in [0.05, 0.1) is 10.7 Å². The summed E-state index contributed by atoms with van der Waals surface area (Å²) in [4.78, 5) is 4.81. The predicted molar refractivity (Wildman–Crippen MR) is 92.9 cm³/mol. The van der Waals surface area contributed by atoms with E-state index in [2.05, 4.69) is 52.2 Å². The average Bonchev–Trinajstić information content (AvgIpc) is 2.84. The van der Waals surface area contributed by atoms with Crippen LogP contribution in [-0.2, 0) is 12.0 Å². The lowest BCUT2D eigenvalue weighted by Crippen LogP contribution is -2.44. The number of aromatic nitrogens is 1. The fourth-order valence-electron chi connectivity index (χ4n) is 3.38. The van der Waals surface area contributed by atoms with Crippen molar-refractivity contribution in [3.63, 3.8) is 0 Å². The molecule has 0 aromatic carbocycles. The Labute approximate surface area is 134 Å². The van der Waals surface area contributed by atoms with Crippen molar-refractivity contribution >= 4 is 11.3 Å². The van der Waals surface area contributed by atoms with Crippen molar-refractivity contribution in [2.75, 3.05) is 0 Å². The van der Waals surface area contributed by atoms with Crippen molar-refractivity contribution in [2.45, 2.75) is 85.2 Å². The Balaban J connectivity index is 1.96. The lowest BCUT2D eigenvalue weighted by atomic mass is 9.69. The summed E-state index contributed by atoms with van der Waals surface area (Å²) in [5.74, 6) is 0.784. The van der Waals surface area contributed by atoms with Gasteiger partial charge in [-0.2, -0.15) is 0 Å². The maximum absolute atomic E-state index is 4.81. The minimum atomic E-state index is 0.168. The van der Waals surface area contributed by atoms with E-state index in [1.165, 1.54) is 36.4 Å². The fraction of sp³-hybridized carbons (Fsp3) is 0.833. The van der Waals surface area contributed by atoms with Crippen molar-refractivity contribution < 1.29 is 0 Å². The maximum Gasteiger partial charge on any atom is 0.0982 e. The Morgan fingerprint density at radius 1 is 1.14 bits per heavy atom. The van der Waals surface area contributed by atoms with Gasteiger partial charge in [-0.05, 0) is 24.2 Å². The summed E-state index contributed by atoms with van der Waals surface area (Å²) in [5, 5.41) is 7.27. The molecule has 1 aliphatic rings. The smallest absolute Gasteiger partial charge is 0.0982 e. The van der Waals surface area contributed by atoms with Crippen LogP contribution in [0.3, 0.4) is 0 Å². The summed E-state index contributed by atoms with van der Waals surface area (Å²) >= 11 is 1.80. The third kappa shape index (κ3) is 4.53. The SMILES string of the molecule is CC(C)(C)c1nc(CNC2CCCCC2C(C)(C)C)cs1. The number of nitrogens with zero attached hydrogens (tertiary/aromatic N) is 1. The summed E-state index contributed by atoms with van der Waals surface area (Å²) < 4.78 is 0. The highest BCUT2D eigenvalue weighted by molar-refractivity contribution is 7.09. The summed E-state index contributed by atoms with van der Waals surface area (Å²) in [7, 11) is 0. The molecule has 2 atom stereocenters. The molecule has 1 saturated carbocycles. The molecule has 0 spiro atoms. The summed E-state index contributed by atoms with van der Waals surface area (Å²) in [6.45, 7) is 14.8. The first-order valence-corrected chi connectivity index (χ1v) is 9.24. The minimum Gasteiger partial charge on any atom is -0.308 e. The lowest BCUT2D eigenvalue weighted by molar-refractivity contribution is 0.130. The average molecular weight is 309 g/mol. The highest BCUT2D eigenvalue weighted by Crippen LogP contribution is 2.38. The summed E-state index contributed by atoms with van der Waals surface area (Å²) in [6, 6.07) is 0.651. The number of nitrogens with one attached hydrogen (secondary N) is 1. The molecule has 3 heteroatoms. The lowest BCUT2D eigenvalue weighted by Gasteiger charge is -2.41. The van der Waals surface area contributed by atoms with Gasteiger partial charge >= 0.3 is 0 Å². The van der Waals surface area contributed by atoms with Gasteiger partial charge in [0.2, 0.25) is 0 Å². The van der Waals surface area contributed by atoms with Crippen LogP contribution in [0, 0.1) is 11.3 Å². The Bertz CT molecular complexity index is 451. The second kappa shape index (κ2) is 6.37. The van der Waals surface area contributed by atoms with Gasteiger partial charge in [-0.15, -0.1) is 11.3 Å². The molecule has 1 aromatic rings. The van der Waals surface area contributed by atoms with Crippen molar-refractivity contribution in [3.05, 3.63) is 16.1 Å². The number of thiazole rings is 1. The third-order valence-corrected chi connectivity index (χ3v) is 5.93. The van der Waals surface area contributed by atoms with Gasteiger partial charge in [-0.25, -0.2) is 4.98 Å². The first-order chi connectivity index (χ1) is 9.68. The first kappa shape index (κ1) is 17.0. The fourth-order valence-corrected chi connectivity index (χ4v) is 4.29. The quantitative estimate of drug-likeness (QED) is 0.836. The van der Waals surface area contributed by atoms with E-state index in [0.717, 1.165) is 12.5 Å².